The number of nitrogens with zero attached hydrogens (tertiary/aromatic N) is 1. The van der Waals surface area contributed by atoms with Crippen LogP contribution in [0.15, 0.2) is 59.0 Å². The third kappa shape index (κ3) is 2.78. The number of carbonyl (C=O) groups is 1. The van der Waals surface area contributed by atoms with Crippen LogP contribution >= 0.6 is 0 Å². The standard InChI is InChI=1S/C19H13FN2O3/c1-24-13-7-6-11-8-12-9-17(25-19(12)22-16(11)10-13)18(23)21-15-5-3-2-4-14(15)20/h2-10H,1H3,(H,21,23). The molecule has 0 saturated heterocycles. The number of nitrogens with one attached hydrogen (secondary N) is 1. The zero-order chi connectivity index (χ0) is 17.4. The molecule has 0 atom stereocenters. The zero-order valence-corrected chi connectivity index (χ0v) is 13.2. The highest BCUT2D eigenvalue weighted by Gasteiger charge is 2.15. The van der Waals surface area contributed by atoms with E-state index in [1.54, 1.807) is 31.4 Å². The van der Waals surface area contributed by atoms with Crippen LogP contribution in [0.2, 0.25) is 0 Å². The van der Waals surface area contributed by atoms with E-state index in [4.69, 9.17) is 9.15 Å². The summed E-state index contributed by atoms with van der Waals surface area (Å²) in [6.45, 7) is 0. The summed E-state index contributed by atoms with van der Waals surface area (Å²) in [7, 11) is 1.58. The van der Waals surface area contributed by atoms with E-state index in [2.05, 4.69) is 10.3 Å². The largest absolute Gasteiger partial charge is 0.497 e. The highest BCUT2D eigenvalue weighted by molar-refractivity contribution is 6.05. The smallest absolute Gasteiger partial charge is 0.291 e. The Morgan fingerprint density at radius 1 is 1.12 bits per heavy atom. The number of anilines is 1. The van der Waals surface area contributed by atoms with Crippen LogP contribution < -0.4 is 10.1 Å². The molecule has 124 valence electrons. The van der Waals surface area contributed by atoms with Crippen LogP contribution in [0, 0.1) is 5.82 Å². The summed E-state index contributed by atoms with van der Waals surface area (Å²) in [5, 5.41) is 4.08. The lowest BCUT2D eigenvalue weighted by atomic mass is 10.2. The molecule has 0 bridgehead atoms. The number of amides is 1. The molecule has 2 heterocycles. The average molecular weight is 336 g/mol. The SMILES string of the molecule is COc1ccc2cc3cc(C(=O)Nc4ccccc4F)oc3nc2c1. The summed E-state index contributed by atoms with van der Waals surface area (Å²) >= 11 is 0. The predicted octanol–water partition coefficient (Wildman–Crippen LogP) is 4.38. The van der Waals surface area contributed by atoms with Gasteiger partial charge in [-0.05, 0) is 36.4 Å². The Labute approximate surface area is 142 Å². The Balaban J connectivity index is 1.71. The van der Waals surface area contributed by atoms with Crippen molar-refractivity contribution in [2.24, 2.45) is 0 Å². The molecule has 5 nitrogen and oxygen atoms in total. The molecule has 2 aromatic carbocycles. The van der Waals surface area contributed by atoms with Crippen LogP contribution in [0.25, 0.3) is 22.0 Å². The van der Waals surface area contributed by atoms with Crippen molar-refractivity contribution >= 4 is 33.6 Å². The lowest BCUT2D eigenvalue weighted by Crippen LogP contribution is -2.11. The van der Waals surface area contributed by atoms with Gasteiger partial charge in [-0.1, -0.05) is 12.1 Å². The summed E-state index contributed by atoms with van der Waals surface area (Å²) in [6.07, 6.45) is 0. The molecular formula is C19H13FN2O3. The van der Waals surface area contributed by atoms with Gasteiger partial charge in [-0.25, -0.2) is 9.37 Å². The number of hydrogen-bond acceptors (Lipinski definition) is 4. The maximum Gasteiger partial charge on any atom is 0.291 e. The molecule has 4 aromatic rings. The van der Waals surface area contributed by atoms with Gasteiger partial charge in [0, 0.05) is 16.8 Å². The number of halogens is 1. The minimum atomic E-state index is -0.537. The number of pyridine rings is 1. The van der Waals surface area contributed by atoms with E-state index >= 15 is 0 Å². The van der Waals surface area contributed by atoms with Gasteiger partial charge in [0.05, 0.1) is 18.3 Å². The number of carbonyl (C=O) groups excluding carboxylic acids is 1. The fraction of sp³-hybridized carbons (Fsp3) is 0.0526. The third-order valence-electron chi connectivity index (χ3n) is 3.86. The lowest BCUT2D eigenvalue weighted by molar-refractivity contribution is 0.0998. The third-order valence-corrected chi connectivity index (χ3v) is 3.86. The van der Waals surface area contributed by atoms with Gasteiger partial charge in [-0.3, -0.25) is 4.79 Å². The van der Waals surface area contributed by atoms with Crippen LogP contribution in [0.3, 0.4) is 0 Å². The molecule has 0 aliphatic rings. The van der Waals surface area contributed by atoms with Gasteiger partial charge in [0.2, 0.25) is 5.71 Å². The Kier molecular flexibility index (Phi) is 3.57. The van der Waals surface area contributed by atoms with Crippen molar-refractivity contribution in [3.8, 4) is 5.75 Å². The molecule has 0 saturated carbocycles. The highest BCUT2D eigenvalue weighted by Crippen LogP contribution is 2.26. The molecular weight excluding hydrogens is 323 g/mol. The topological polar surface area (TPSA) is 64.4 Å². The van der Waals surface area contributed by atoms with Crippen molar-refractivity contribution < 1.29 is 18.3 Å². The van der Waals surface area contributed by atoms with E-state index in [9.17, 15) is 9.18 Å². The first-order chi connectivity index (χ1) is 12.1. The van der Waals surface area contributed by atoms with Crippen LogP contribution in [-0.4, -0.2) is 18.0 Å². The van der Waals surface area contributed by atoms with Crippen molar-refractivity contribution in [3.63, 3.8) is 0 Å². The molecule has 2 aromatic heterocycles. The van der Waals surface area contributed by atoms with Crippen LogP contribution in [0.5, 0.6) is 5.75 Å². The van der Waals surface area contributed by atoms with Crippen LogP contribution in [0.1, 0.15) is 10.6 Å². The summed E-state index contributed by atoms with van der Waals surface area (Å²) in [4.78, 5) is 16.7. The number of furan rings is 1. The Bertz CT molecular complexity index is 1100. The molecule has 0 aliphatic heterocycles. The second-order valence-corrected chi connectivity index (χ2v) is 5.49. The molecule has 0 aliphatic carbocycles. The van der Waals surface area contributed by atoms with Crippen molar-refractivity contribution in [3.05, 3.63) is 66.2 Å². The normalized spacial score (nSPS) is 11.0. The minimum Gasteiger partial charge on any atom is -0.497 e. The maximum absolute atomic E-state index is 13.7. The van der Waals surface area contributed by atoms with Gasteiger partial charge in [-0.15, -0.1) is 0 Å². The van der Waals surface area contributed by atoms with Gasteiger partial charge in [0.25, 0.3) is 5.91 Å². The molecule has 0 spiro atoms. The van der Waals surface area contributed by atoms with Crippen molar-refractivity contribution in [2.75, 3.05) is 12.4 Å². The second kappa shape index (κ2) is 5.90. The number of rotatable bonds is 3. The number of fused-ring (bicyclic) bond motifs is 2. The van der Waals surface area contributed by atoms with E-state index in [1.807, 2.05) is 18.2 Å². The quantitative estimate of drug-likeness (QED) is 0.603. The molecule has 0 unspecified atom stereocenters. The minimum absolute atomic E-state index is 0.0630. The number of ether oxygens (including phenoxy) is 1. The number of methoxy groups -OCH3 is 1. The summed E-state index contributed by atoms with van der Waals surface area (Å²) < 4.78 is 24.4. The van der Waals surface area contributed by atoms with E-state index in [0.29, 0.717) is 22.4 Å². The average Bonchev–Trinajstić information content (AvgIpc) is 3.04. The highest BCUT2D eigenvalue weighted by atomic mass is 19.1. The number of para-hydroxylation sites is 1. The monoisotopic (exact) mass is 336 g/mol. The molecule has 0 radical (unpaired) electrons. The van der Waals surface area contributed by atoms with Crippen molar-refractivity contribution in [2.45, 2.75) is 0 Å². The van der Waals surface area contributed by atoms with Gasteiger partial charge in [0.1, 0.15) is 11.6 Å². The molecule has 6 heteroatoms. The van der Waals surface area contributed by atoms with E-state index in [0.717, 1.165) is 5.39 Å². The first-order valence-corrected chi connectivity index (χ1v) is 7.58. The Morgan fingerprint density at radius 3 is 2.76 bits per heavy atom. The van der Waals surface area contributed by atoms with E-state index in [1.165, 1.54) is 12.1 Å². The lowest BCUT2D eigenvalue weighted by Gasteiger charge is -2.03. The number of hydrogen-bond donors (Lipinski definition) is 1. The molecule has 0 fully saturated rings. The molecule has 25 heavy (non-hydrogen) atoms. The maximum atomic E-state index is 13.7. The predicted molar refractivity (Wildman–Crippen MR) is 92.4 cm³/mol. The fourth-order valence-corrected chi connectivity index (χ4v) is 2.59. The van der Waals surface area contributed by atoms with Crippen LogP contribution in [0.4, 0.5) is 10.1 Å². The Morgan fingerprint density at radius 2 is 1.96 bits per heavy atom. The second-order valence-electron chi connectivity index (χ2n) is 5.49. The van der Waals surface area contributed by atoms with Gasteiger partial charge < -0.3 is 14.5 Å². The van der Waals surface area contributed by atoms with Crippen molar-refractivity contribution in [1.29, 1.82) is 0 Å². The first-order valence-electron chi connectivity index (χ1n) is 7.58. The summed E-state index contributed by atoms with van der Waals surface area (Å²) in [6, 6.07) is 14.9. The van der Waals surface area contributed by atoms with Gasteiger partial charge in [0.15, 0.2) is 5.76 Å². The molecule has 1 N–H and O–H groups in total. The fourth-order valence-electron chi connectivity index (χ4n) is 2.59. The number of aromatic nitrogens is 1. The van der Waals surface area contributed by atoms with Gasteiger partial charge >= 0.3 is 0 Å². The summed E-state index contributed by atoms with van der Waals surface area (Å²) in [5.41, 5.74) is 1.12. The molecule has 1 amide bonds. The first kappa shape index (κ1) is 15.1. The van der Waals surface area contributed by atoms with Crippen LogP contribution in [-0.2, 0) is 0 Å². The van der Waals surface area contributed by atoms with Gasteiger partial charge in [-0.2, -0.15) is 0 Å². The summed E-state index contributed by atoms with van der Waals surface area (Å²) in [5.74, 6) is -0.302. The van der Waals surface area contributed by atoms with E-state index in [-0.39, 0.29) is 11.4 Å². The van der Waals surface area contributed by atoms with Crippen molar-refractivity contribution in [1.82, 2.24) is 4.98 Å². The Hall–Kier alpha value is -3.41. The number of benzene rings is 2. The zero-order valence-electron chi connectivity index (χ0n) is 13.2. The van der Waals surface area contributed by atoms with E-state index < -0.39 is 11.7 Å². The molecule has 4 rings (SSSR count).